The predicted octanol–water partition coefficient (Wildman–Crippen LogP) is 2.75. The van der Waals surface area contributed by atoms with E-state index < -0.39 is 18.0 Å². The zero-order chi connectivity index (χ0) is 30.1. The fourth-order valence-electron chi connectivity index (χ4n) is 4.85. The molecule has 0 N–H and O–H groups in total. The quantitative estimate of drug-likeness (QED) is 0.288. The number of thiazole rings is 1. The van der Waals surface area contributed by atoms with Gasteiger partial charge in [-0.1, -0.05) is 23.5 Å². The lowest BCUT2D eigenvalue weighted by molar-refractivity contribution is -0.255. The molecule has 1 atom stereocenters. The molecule has 0 saturated carbocycles. The van der Waals surface area contributed by atoms with Crippen LogP contribution in [0.1, 0.15) is 47.1 Å². The van der Waals surface area contributed by atoms with E-state index in [4.69, 9.17) is 18.6 Å². The fourth-order valence-corrected chi connectivity index (χ4v) is 5.88. The number of aromatic carboxylic acids is 1. The number of methoxy groups -OCH3 is 2. The predicted molar refractivity (Wildman–Crippen MR) is 153 cm³/mol. The van der Waals surface area contributed by atoms with Crippen molar-refractivity contribution in [3.63, 3.8) is 0 Å². The highest BCUT2D eigenvalue weighted by Gasteiger charge is 2.35. The highest BCUT2D eigenvalue weighted by atomic mass is 32.1. The molecule has 3 heterocycles. The number of carbonyl (C=O) groups is 2. The number of aromatic nitrogens is 1. The van der Waals surface area contributed by atoms with Gasteiger partial charge in [0.25, 0.3) is 5.56 Å². The van der Waals surface area contributed by atoms with E-state index in [1.807, 2.05) is 6.92 Å². The summed E-state index contributed by atoms with van der Waals surface area (Å²) in [7, 11) is 3.04. The number of hydrogen-bond acceptors (Lipinski definition) is 10. The average molecular weight is 588 g/mol. The summed E-state index contributed by atoms with van der Waals surface area (Å²) in [5.74, 6) is -0.0691. The van der Waals surface area contributed by atoms with E-state index in [-0.39, 0.29) is 23.3 Å². The van der Waals surface area contributed by atoms with E-state index in [1.165, 1.54) is 30.9 Å². The molecule has 0 bridgehead atoms. The Bertz CT molecular complexity index is 1930. The van der Waals surface area contributed by atoms with Crippen LogP contribution < -0.4 is 29.5 Å². The van der Waals surface area contributed by atoms with Gasteiger partial charge in [0.1, 0.15) is 29.1 Å². The van der Waals surface area contributed by atoms with Gasteiger partial charge in [0, 0.05) is 23.3 Å². The van der Waals surface area contributed by atoms with Crippen molar-refractivity contribution < 1.29 is 33.3 Å². The van der Waals surface area contributed by atoms with Crippen LogP contribution in [0.4, 0.5) is 0 Å². The summed E-state index contributed by atoms with van der Waals surface area (Å²) in [6.45, 7) is 5.40. The lowest BCUT2D eigenvalue weighted by Crippen LogP contribution is -2.40. The minimum atomic E-state index is -1.29. The van der Waals surface area contributed by atoms with Crippen LogP contribution in [0.15, 0.2) is 74.0 Å². The Morgan fingerprint density at radius 3 is 2.57 bits per heavy atom. The van der Waals surface area contributed by atoms with Crippen molar-refractivity contribution in [1.82, 2.24) is 4.57 Å². The first-order chi connectivity index (χ1) is 20.2. The van der Waals surface area contributed by atoms with Crippen LogP contribution in [0.3, 0.4) is 0 Å². The normalized spacial score (nSPS) is 14.8. The third-order valence-corrected chi connectivity index (χ3v) is 7.87. The van der Waals surface area contributed by atoms with Gasteiger partial charge < -0.3 is 28.5 Å². The third kappa shape index (κ3) is 5.14. The maximum atomic E-state index is 13.9. The summed E-state index contributed by atoms with van der Waals surface area (Å²) >= 11 is 1.15. The Labute approximate surface area is 244 Å². The van der Waals surface area contributed by atoms with Crippen LogP contribution in [0.5, 0.6) is 11.5 Å². The molecule has 216 valence electrons. The van der Waals surface area contributed by atoms with Crippen LogP contribution in [0.25, 0.3) is 17.4 Å². The van der Waals surface area contributed by atoms with Crippen LogP contribution in [0, 0.1) is 6.92 Å². The SMILES string of the molecule is CCOC(=O)C1=C(C)N=c2s/c(=C\c3ccc(-c4cc(C(=O)[O-])ccc4C)o3)c(=O)n2[C@@H]1c1ccc(OC)cc1OC. The first-order valence-corrected chi connectivity index (χ1v) is 13.8. The molecular weight excluding hydrogens is 560 g/mol. The van der Waals surface area contributed by atoms with Gasteiger partial charge in [0.05, 0.1) is 42.6 Å². The lowest BCUT2D eigenvalue weighted by atomic mass is 9.95. The number of furan rings is 1. The minimum Gasteiger partial charge on any atom is -0.545 e. The molecule has 0 radical (unpaired) electrons. The van der Waals surface area contributed by atoms with Gasteiger partial charge in [-0.05, 0) is 62.2 Å². The van der Waals surface area contributed by atoms with Gasteiger partial charge in [-0.2, -0.15) is 0 Å². The number of ether oxygens (including phenoxy) is 3. The number of esters is 1. The highest BCUT2D eigenvalue weighted by Crippen LogP contribution is 2.37. The van der Waals surface area contributed by atoms with Gasteiger partial charge in [-0.15, -0.1) is 0 Å². The summed E-state index contributed by atoms with van der Waals surface area (Å²) < 4.78 is 24.1. The van der Waals surface area contributed by atoms with Crippen molar-refractivity contribution in [3.05, 3.63) is 102 Å². The topological polar surface area (TPSA) is 132 Å². The van der Waals surface area contributed by atoms with E-state index in [1.54, 1.807) is 56.3 Å². The number of fused-ring (bicyclic) bond motifs is 1. The number of allylic oxidation sites excluding steroid dienone is 1. The summed E-state index contributed by atoms with van der Waals surface area (Å²) in [5, 5.41) is 11.4. The van der Waals surface area contributed by atoms with Crippen molar-refractivity contribution >= 4 is 29.4 Å². The molecule has 4 aromatic rings. The van der Waals surface area contributed by atoms with Crippen LogP contribution in [-0.4, -0.2) is 37.3 Å². The summed E-state index contributed by atoms with van der Waals surface area (Å²) in [4.78, 5) is 43.5. The van der Waals surface area contributed by atoms with Crippen molar-refractivity contribution in [1.29, 1.82) is 0 Å². The largest absolute Gasteiger partial charge is 0.545 e. The van der Waals surface area contributed by atoms with Crippen LogP contribution in [0.2, 0.25) is 0 Å². The molecule has 5 rings (SSSR count). The zero-order valence-corrected chi connectivity index (χ0v) is 24.4. The van der Waals surface area contributed by atoms with E-state index in [2.05, 4.69) is 4.99 Å². The van der Waals surface area contributed by atoms with Crippen molar-refractivity contribution in [2.24, 2.45) is 4.99 Å². The molecule has 11 heteroatoms. The average Bonchev–Trinajstić information content (AvgIpc) is 3.56. The number of carbonyl (C=O) groups excluding carboxylic acids is 2. The van der Waals surface area contributed by atoms with Crippen LogP contribution in [-0.2, 0) is 9.53 Å². The van der Waals surface area contributed by atoms with Gasteiger partial charge in [-0.3, -0.25) is 9.36 Å². The monoisotopic (exact) mass is 587 g/mol. The maximum absolute atomic E-state index is 13.9. The van der Waals surface area contributed by atoms with Gasteiger partial charge in [0.2, 0.25) is 0 Å². The zero-order valence-electron chi connectivity index (χ0n) is 23.5. The van der Waals surface area contributed by atoms with Crippen LogP contribution >= 0.6 is 11.3 Å². The maximum Gasteiger partial charge on any atom is 0.338 e. The molecular formula is C31H27N2O8S-. The first kappa shape index (κ1) is 28.6. The molecule has 2 aromatic carbocycles. The molecule has 0 spiro atoms. The van der Waals surface area contributed by atoms with Gasteiger partial charge >= 0.3 is 5.97 Å². The van der Waals surface area contributed by atoms with E-state index in [0.29, 0.717) is 49.2 Å². The number of hydrogen-bond donors (Lipinski definition) is 0. The second-order valence-corrected chi connectivity index (χ2v) is 10.4. The Kier molecular flexibility index (Phi) is 7.86. The van der Waals surface area contributed by atoms with E-state index in [9.17, 15) is 19.5 Å². The molecule has 0 aliphatic carbocycles. The van der Waals surface area contributed by atoms with Crippen molar-refractivity contribution in [2.75, 3.05) is 20.8 Å². The third-order valence-electron chi connectivity index (χ3n) is 6.89. The van der Waals surface area contributed by atoms with E-state index >= 15 is 0 Å². The minimum absolute atomic E-state index is 0.0311. The number of nitrogens with zero attached hydrogens (tertiary/aromatic N) is 2. The Morgan fingerprint density at radius 1 is 1.10 bits per heavy atom. The number of aryl methyl sites for hydroxylation is 1. The lowest BCUT2D eigenvalue weighted by Gasteiger charge is -2.26. The van der Waals surface area contributed by atoms with Crippen molar-refractivity contribution in [2.45, 2.75) is 26.8 Å². The second-order valence-electron chi connectivity index (χ2n) is 9.43. The van der Waals surface area contributed by atoms with Crippen molar-refractivity contribution in [3.8, 4) is 22.8 Å². The number of carboxylic acids is 1. The van der Waals surface area contributed by atoms with Gasteiger partial charge in [-0.25, -0.2) is 9.79 Å². The smallest absolute Gasteiger partial charge is 0.338 e. The molecule has 0 fully saturated rings. The Hall–Kier alpha value is -4.90. The molecule has 0 saturated heterocycles. The molecule has 1 aliphatic heterocycles. The Morgan fingerprint density at radius 2 is 1.88 bits per heavy atom. The number of carboxylic acid groups (broad SMARTS) is 1. The molecule has 2 aromatic heterocycles. The van der Waals surface area contributed by atoms with Gasteiger partial charge in [0.15, 0.2) is 4.80 Å². The standard InChI is InChI=1S/C31H28N2O8S/c1-6-40-30(37)26-17(3)32-31-33(27(26)21-11-9-19(38-4)14-24(21)39-5)28(34)25(42-31)15-20-10-12-23(41-20)22-13-18(29(35)36)8-7-16(22)2/h7-15,27H,6H2,1-5H3,(H,35,36)/p-1/b25-15-/t27-/m1/s1. The molecule has 1 aliphatic rings. The molecule has 0 unspecified atom stereocenters. The molecule has 0 amide bonds. The molecule has 42 heavy (non-hydrogen) atoms. The number of rotatable bonds is 8. The molecule has 10 nitrogen and oxygen atoms in total. The summed E-state index contributed by atoms with van der Waals surface area (Å²) in [6, 6.07) is 12.3. The second kappa shape index (κ2) is 11.5. The summed E-state index contributed by atoms with van der Waals surface area (Å²) in [6.07, 6.45) is 1.59. The summed E-state index contributed by atoms with van der Waals surface area (Å²) in [5.41, 5.74) is 2.27. The fraction of sp³-hybridized carbons (Fsp3) is 0.226. The van der Waals surface area contributed by atoms with E-state index in [0.717, 1.165) is 16.9 Å². The first-order valence-electron chi connectivity index (χ1n) is 13.0. The Balaban J connectivity index is 1.66. The highest BCUT2D eigenvalue weighted by molar-refractivity contribution is 7.07. The number of benzene rings is 2.